The summed E-state index contributed by atoms with van der Waals surface area (Å²) in [5.41, 5.74) is 4.32. The minimum Gasteiger partial charge on any atom is -0.448 e. The van der Waals surface area contributed by atoms with E-state index < -0.39 is 6.09 Å². The van der Waals surface area contributed by atoms with E-state index in [9.17, 15) is 9.59 Å². The third-order valence-electron chi connectivity index (χ3n) is 4.25. The lowest BCUT2D eigenvalue weighted by Crippen LogP contribution is -2.19. The zero-order valence-electron chi connectivity index (χ0n) is 13.2. The Morgan fingerprint density at radius 2 is 1.64 bits per heavy atom. The molecule has 6 heteroatoms. The van der Waals surface area contributed by atoms with Gasteiger partial charge in [-0.2, -0.15) is 5.10 Å². The van der Waals surface area contributed by atoms with Crippen molar-refractivity contribution >= 4 is 11.9 Å². The first-order valence-electron chi connectivity index (χ1n) is 7.90. The van der Waals surface area contributed by atoms with Gasteiger partial charge in [-0.05, 0) is 28.3 Å². The average Bonchev–Trinajstić information content (AvgIpc) is 2.96. The monoisotopic (exact) mass is 333 g/mol. The van der Waals surface area contributed by atoms with Crippen LogP contribution in [0, 0.1) is 0 Å². The summed E-state index contributed by atoms with van der Waals surface area (Å²) in [4.78, 5) is 23.0. The van der Waals surface area contributed by atoms with Crippen LogP contribution in [0.25, 0.3) is 11.1 Å². The van der Waals surface area contributed by atoms with Gasteiger partial charge < -0.3 is 4.74 Å². The van der Waals surface area contributed by atoms with Crippen LogP contribution in [-0.2, 0) is 4.74 Å². The van der Waals surface area contributed by atoms with Crippen molar-refractivity contribution in [2.75, 3.05) is 11.9 Å². The van der Waals surface area contributed by atoms with Gasteiger partial charge in [-0.15, -0.1) is 0 Å². The molecule has 1 amide bonds. The van der Waals surface area contributed by atoms with Gasteiger partial charge >= 0.3 is 6.09 Å². The number of carbonyl (C=O) groups is 1. The van der Waals surface area contributed by atoms with Crippen LogP contribution in [0.2, 0.25) is 0 Å². The molecule has 0 radical (unpaired) electrons. The number of aromatic amines is 1. The van der Waals surface area contributed by atoms with E-state index in [0.29, 0.717) is 0 Å². The van der Waals surface area contributed by atoms with E-state index >= 15 is 0 Å². The minimum absolute atomic E-state index is 0.00156. The Bertz CT molecular complexity index is 931. The van der Waals surface area contributed by atoms with Crippen LogP contribution in [0.5, 0.6) is 0 Å². The van der Waals surface area contributed by atoms with E-state index in [-0.39, 0.29) is 23.9 Å². The molecule has 4 rings (SSSR count). The van der Waals surface area contributed by atoms with Crippen LogP contribution in [0.3, 0.4) is 0 Å². The summed E-state index contributed by atoms with van der Waals surface area (Å²) in [6.07, 6.45) is -0.610. The molecule has 1 aliphatic rings. The first kappa shape index (κ1) is 15.1. The second-order valence-corrected chi connectivity index (χ2v) is 5.76. The lowest BCUT2D eigenvalue weighted by molar-refractivity contribution is 0.158. The van der Waals surface area contributed by atoms with Gasteiger partial charge in [0.05, 0.1) is 0 Å². The van der Waals surface area contributed by atoms with Crippen LogP contribution in [-0.4, -0.2) is 22.9 Å². The Balaban J connectivity index is 1.50. The summed E-state index contributed by atoms with van der Waals surface area (Å²) in [5.74, 6) is 0.235. The molecule has 0 fully saturated rings. The number of anilines is 1. The van der Waals surface area contributed by atoms with Gasteiger partial charge in [0.1, 0.15) is 6.61 Å². The lowest BCUT2D eigenvalue weighted by Gasteiger charge is -2.14. The molecule has 0 saturated heterocycles. The lowest BCUT2D eigenvalue weighted by atomic mass is 9.98. The van der Waals surface area contributed by atoms with Crippen LogP contribution in [0.15, 0.2) is 65.5 Å². The summed E-state index contributed by atoms with van der Waals surface area (Å²) < 4.78 is 5.39. The molecule has 124 valence electrons. The summed E-state index contributed by atoms with van der Waals surface area (Å²) in [6, 6.07) is 19.0. The summed E-state index contributed by atoms with van der Waals surface area (Å²) in [6.45, 7) is 0.225. The maximum absolute atomic E-state index is 12.0. The van der Waals surface area contributed by atoms with E-state index in [1.807, 2.05) is 24.3 Å². The molecule has 1 aromatic heterocycles. The fourth-order valence-electron chi connectivity index (χ4n) is 3.15. The maximum atomic E-state index is 12.0. The van der Waals surface area contributed by atoms with E-state index in [1.54, 1.807) is 0 Å². The number of hydrogen-bond acceptors (Lipinski definition) is 4. The van der Waals surface area contributed by atoms with Crippen molar-refractivity contribution < 1.29 is 9.53 Å². The standard InChI is InChI=1S/C19H15N3O3/c23-18-10-9-17(21-22-18)20-19(24)25-11-16-14-7-3-1-5-12(14)13-6-2-4-8-15(13)16/h1-10,16H,11H2,(H,22,23)(H,20,21,24). The van der Waals surface area contributed by atoms with Crippen molar-refractivity contribution in [2.45, 2.75) is 5.92 Å². The molecule has 25 heavy (non-hydrogen) atoms. The van der Waals surface area contributed by atoms with E-state index in [0.717, 1.165) is 11.1 Å². The zero-order chi connectivity index (χ0) is 17.2. The molecule has 1 heterocycles. The molecule has 3 aromatic rings. The normalized spacial score (nSPS) is 12.3. The van der Waals surface area contributed by atoms with Crippen molar-refractivity contribution in [3.8, 4) is 11.1 Å². The number of nitrogens with one attached hydrogen (secondary N) is 2. The number of ether oxygens (including phenoxy) is 1. The number of aromatic nitrogens is 2. The van der Waals surface area contributed by atoms with Gasteiger partial charge in [0, 0.05) is 12.0 Å². The van der Waals surface area contributed by atoms with Crippen LogP contribution in [0.1, 0.15) is 17.0 Å². The highest BCUT2D eigenvalue weighted by Crippen LogP contribution is 2.44. The van der Waals surface area contributed by atoms with Crippen LogP contribution < -0.4 is 10.9 Å². The predicted molar refractivity (Wildman–Crippen MR) is 93.5 cm³/mol. The summed E-state index contributed by atoms with van der Waals surface area (Å²) in [5, 5.41) is 8.47. The molecule has 0 spiro atoms. The molecule has 0 atom stereocenters. The molecular weight excluding hydrogens is 318 g/mol. The Labute approximate surface area is 143 Å². The van der Waals surface area contributed by atoms with Crippen LogP contribution in [0.4, 0.5) is 10.6 Å². The fraction of sp³-hybridized carbons (Fsp3) is 0.105. The number of nitrogens with zero attached hydrogens (tertiary/aromatic N) is 1. The smallest absolute Gasteiger partial charge is 0.412 e. The van der Waals surface area contributed by atoms with Crippen molar-refractivity contribution in [1.29, 1.82) is 0 Å². The van der Waals surface area contributed by atoms with Crippen molar-refractivity contribution in [1.82, 2.24) is 10.2 Å². The van der Waals surface area contributed by atoms with Gasteiger partial charge in [0.25, 0.3) is 5.56 Å². The molecular formula is C19H15N3O3. The van der Waals surface area contributed by atoms with Gasteiger partial charge in [-0.25, -0.2) is 9.89 Å². The predicted octanol–water partition coefficient (Wildman–Crippen LogP) is 3.13. The van der Waals surface area contributed by atoms with Gasteiger partial charge in [0.2, 0.25) is 0 Å². The number of rotatable bonds is 3. The quantitative estimate of drug-likeness (QED) is 0.771. The number of benzene rings is 2. The Morgan fingerprint density at radius 1 is 1.00 bits per heavy atom. The maximum Gasteiger partial charge on any atom is 0.412 e. The molecule has 2 N–H and O–H groups in total. The minimum atomic E-state index is -0.610. The second kappa shape index (κ2) is 6.24. The molecule has 2 aromatic carbocycles. The number of hydrogen-bond donors (Lipinski definition) is 2. The number of amides is 1. The Morgan fingerprint density at radius 3 is 2.24 bits per heavy atom. The second-order valence-electron chi connectivity index (χ2n) is 5.76. The summed E-state index contributed by atoms with van der Waals surface area (Å²) in [7, 11) is 0. The number of fused-ring (bicyclic) bond motifs is 3. The van der Waals surface area contributed by atoms with E-state index in [2.05, 4.69) is 39.8 Å². The molecule has 0 unspecified atom stereocenters. The SMILES string of the molecule is O=C(Nc1ccc(=O)[nH]n1)OCC1c2ccccc2-c2ccccc21. The molecule has 0 aliphatic heterocycles. The zero-order valence-corrected chi connectivity index (χ0v) is 13.2. The molecule has 6 nitrogen and oxygen atoms in total. The van der Waals surface area contributed by atoms with Crippen molar-refractivity contribution in [3.05, 3.63) is 82.1 Å². The fourth-order valence-corrected chi connectivity index (χ4v) is 3.15. The third-order valence-corrected chi connectivity index (χ3v) is 4.25. The van der Waals surface area contributed by atoms with Crippen molar-refractivity contribution in [2.24, 2.45) is 0 Å². The third kappa shape index (κ3) is 2.89. The first-order chi connectivity index (χ1) is 12.2. The van der Waals surface area contributed by atoms with Gasteiger partial charge in [-0.1, -0.05) is 48.5 Å². The van der Waals surface area contributed by atoms with E-state index in [1.165, 1.54) is 23.3 Å². The van der Waals surface area contributed by atoms with Crippen molar-refractivity contribution in [3.63, 3.8) is 0 Å². The first-order valence-corrected chi connectivity index (χ1v) is 7.90. The molecule has 1 aliphatic carbocycles. The Kier molecular flexibility index (Phi) is 3.78. The van der Waals surface area contributed by atoms with E-state index in [4.69, 9.17) is 4.74 Å². The summed E-state index contributed by atoms with van der Waals surface area (Å²) >= 11 is 0. The van der Waals surface area contributed by atoms with Crippen LogP contribution >= 0.6 is 0 Å². The highest BCUT2D eigenvalue weighted by atomic mass is 16.5. The Hall–Kier alpha value is -3.41. The highest BCUT2D eigenvalue weighted by Gasteiger charge is 2.28. The molecule has 0 saturated carbocycles. The topological polar surface area (TPSA) is 84.1 Å². The van der Waals surface area contributed by atoms with Gasteiger partial charge in [-0.3, -0.25) is 10.1 Å². The van der Waals surface area contributed by atoms with Gasteiger partial charge in [0.15, 0.2) is 5.82 Å². The highest BCUT2D eigenvalue weighted by molar-refractivity contribution is 5.83. The molecule has 0 bridgehead atoms. The largest absolute Gasteiger partial charge is 0.448 e. The number of carbonyl (C=O) groups excluding carboxylic acids is 1. The average molecular weight is 333 g/mol. The number of H-pyrrole nitrogens is 1.